The van der Waals surface area contributed by atoms with Gasteiger partial charge in [0.15, 0.2) is 0 Å². The van der Waals surface area contributed by atoms with Crippen LogP contribution in [0.5, 0.6) is 0 Å². The van der Waals surface area contributed by atoms with E-state index in [0.29, 0.717) is 0 Å². The summed E-state index contributed by atoms with van der Waals surface area (Å²) in [5.41, 5.74) is 3.92. The first-order valence-corrected chi connectivity index (χ1v) is 7.25. The highest BCUT2D eigenvalue weighted by atomic mass is 32.2. The number of halogens is 2. The summed E-state index contributed by atoms with van der Waals surface area (Å²) in [6, 6.07) is 2.66. The van der Waals surface area contributed by atoms with Gasteiger partial charge in [-0.3, -0.25) is 25.2 Å². The number of carbonyl (C=O) groups excluding carboxylic acids is 3. The van der Waals surface area contributed by atoms with Gasteiger partial charge in [-0.15, -0.1) is 11.8 Å². The van der Waals surface area contributed by atoms with Crippen LogP contribution in [0.3, 0.4) is 0 Å². The van der Waals surface area contributed by atoms with Gasteiger partial charge in [0.1, 0.15) is 11.6 Å². The molecule has 0 aromatic heterocycles. The molecule has 120 valence electrons. The zero-order valence-corrected chi connectivity index (χ0v) is 12.7. The smallest absolute Gasteiger partial charge is 0.327 e. The second-order valence-corrected chi connectivity index (χ2v) is 5.51. The summed E-state index contributed by atoms with van der Waals surface area (Å²) in [6.45, 7) is 3.35. The van der Waals surface area contributed by atoms with Gasteiger partial charge in [0, 0.05) is 10.9 Å². The zero-order valence-electron chi connectivity index (χ0n) is 11.9. The summed E-state index contributed by atoms with van der Waals surface area (Å²) in [5.74, 6) is -4.11. The maximum absolute atomic E-state index is 13.3. The lowest BCUT2D eigenvalue weighted by Crippen LogP contribution is -2.50. The quantitative estimate of drug-likeness (QED) is 0.431. The monoisotopic (exact) mass is 331 g/mol. The van der Waals surface area contributed by atoms with Crippen LogP contribution in [-0.4, -0.2) is 29.5 Å². The Morgan fingerprint density at radius 3 is 2.45 bits per heavy atom. The lowest BCUT2D eigenvalue weighted by Gasteiger charge is -2.09. The predicted molar refractivity (Wildman–Crippen MR) is 76.6 cm³/mol. The number of hydrogen-bond donors (Lipinski definition) is 3. The fraction of sp³-hybridized carbons (Fsp3) is 0.308. The molecule has 0 aliphatic heterocycles. The normalized spacial score (nSPS) is 10.2. The number of thioether (sulfide) groups is 1. The van der Waals surface area contributed by atoms with Gasteiger partial charge in [0.2, 0.25) is 5.91 Å². The Kier molecular flexibility index (Phi) is 6.77. The maximum Gasteiger partial charge on any atom is 0.327 e. The minimum Gasteiger partial charge on any atom is -0.346 e. The molecule has 1 aromatic carbocycles. The molecule has 0 saturated heterocycles. The number of benzene rings is 1. The Hall–Kier alpha value is -2.16. The Bertz CT molecular complexity index is 582. The van der Waals surface area contributed by atoms with E-state index in [1.54, 1.807) is 13.8 Å². The molecule has 0 bridgehead atoms. The Morgan fingerprint density at radius 1 is 1.14 bits per heavy atom. The van der Waals surface area contributed by atoms with Gasteiger partial charge >= 0.3 is 11.8 Å². The van der Waals surface area contributed by atoms with Crippen molar-refractivity contribution in [1.82, 2.24) is 16.2 Å². The second-order valence-electron chi connectivity index (χ2n) is 4.49. The van der Waals surface area contributed by atoms with Gasteiger partial charge in [-0.05, 0) is 32.0 Å². The molecule has 0 saturated carbocycles. The molecule has 3 N–H and O–H groups in total. The van der Waals surface area contributed by atoms with E-state index in [-0.39, 0.29) is 16.7 Å². The van der Waals surface area contributed by atoms with E-state index in [0.717, 1.165) is 30.0 Å². The van der Waals surface area contributed by atoms with E-state index >= 15 is 0 Å². The predicted octanol–water partition coefficient (Wildman–Crippen LogP) is 0.729. The number of carbonyl (C=O) groups is 3. The van der Waals surface area contributed by atoms with Crippen LogP contribution in [0, 0.1) is 11.6 Å². The molecule has 6 nitrogen and oxygen atoms in total. The van der Waals surface area contributed by atoms with Crippen molar-refractivity contribution in [1.29, 1.82) is 0 Å². The average molecular weight is 331 g/mol. The number of hydrogen-bond acceptors (Lipinski definition) is 4. The van der Waals surface area contributed by atoms with Crippen molar-refractivity contribution in [2.45, 2.75) is 24.8 Å². The van der Waals surface area contributed by atoms with Crippen LogP contribution in [0.4, 0.5) is 8.78 Å². The first-order chi connectivity index (χ1) is 10.3. The number of nitrogens with one attached hydrogen (secondary N) is 3. The first-order valence-electron chi connectivity index (χ1n) is 6.27. The fourth-order valence-electron chi connectivity index (χ4n) is 1.28. The van der Waals surface area contributed by atoms with Crippen LogP contribution in [0.15, 0.2) is 23.1 Å². The van der Waals surface area contributed by atoms with Crippen molar-refractivity contribution in [3.8, 4) is 0 Å². The lowest BCUT2D eigenvalue weighted by molar-refractivity contribution is -0.141. The average Bonchev–Trinajstić information content (AvgIpc) is 2.44. The van der Waals surface area contributed by atoms with Gasteiger partial charge in [-0.25, -0.2) is 8.78 Å². The van der Waals surface area contributed by atoms with Crippen LogP contribution >= 0.6 is 11.8 Å². The maximum atomic E-state index is 13.3. The van der Waals surface area contributed by atoms with E-state index in [1.807, 2.05) is 10.9 Å². The van der Waals surface area contributed by atoms with Gasteiger partial charge in [-0.1, -0.05) is 0 Å². The summed E-state index contributed by atoms with van der Waals surface area (Å²) >= 11 is 0.761. The molecule has 3 amide bonds. The molecule has 1 rings (SSSR count). The molecule has 22 heavy (non-hydrogen) atoms. The highest BCUT2D eigenvalue weighted by molar-refractivity contribution is 8.00. The molecule has 0 spiro atoms. The highest BCUT2D eigenvalue weighted by Crippen LogP contribution is 2.22. The third-order valence-electron chi connectivity index (χ3n) is 2.19. The van der Waals surface area contributed by atoms with E-state index in [9.17, 15) is 23.2 Å². The number of hydrazine groups is 1. The van der Waals surface area contributed by atoms with E-state index in [2.05, 4.69) is 5.32 Å². The molecular formula is C13H15F2N3O3S. The van der Waals surface area contributed by atoms with Gasteiger partial charge < -0.3 is 5.32 Å². The second kappa shape index (κ2) is 8.32. The van der Waals surface area contributed by atoms with Crippen molar-refractivity contribution < 1.29 is 23.2 Å². The topological polar surface area (TPSA) is 87.3 Å². The van der Waals surface area contributed by atoms with Crippen molar-refractivity contribution in [3.63, 3.8) is 0 Å². The Morgan fingerprint density at radius 2 is 1.82 bits per heavy atom. The molecule has 0 radical (unpaired) electrons. The summed E-state index contributed by atoms with van der Waals surface area (Å²) in [4.78, 5) is 34.0. The molecule has 0 aliphatic carbocycles. The van der Waals surface area contributed by atoms with Crippen LogP contribution in [0.25, 0.3) is 0 Å². The number of amides is 3. The van der Waals surface area contributed by atoms with Crippen LogP contribution in [0.2, 0.25) is 0 Å². The molecule has 0 aliphatic rings. The minimum atomic E-state index is -1.02. The zero-order chi connectivity index (χ0) is 16.7. The van der Waals surface area contributed by atoms with Crippen LogP contribution < -0.4 is 16.2 Å². The Labute approximate surface area is 130 Å². The molecule has 1 aromatic rings. The fourth-order valence-corrected chi connectivity index (χ4v) is 2.04. The van der Waals surface area contributed by atoms with Crippen molar-refractivity contribution >= 4 is 29.5 Å². The van der Waals surface area contributed by atoms with E-state index < -0.39 is 29.4 Å². The van der Waals surface area contributed by atoms with Gasteiger partial charge in [-0.2, -0.15) is 0 Å². The minimum absolute atomic E-state index is 0.0287. The lowest BCUT2D eigenvalue weighted by atomic mass is 10.3. The van der Waals surface area contributed by atoms with E-state index in [1.165, 1.54) is 0 Å². The summed E-state index contributed by atoms with van der Waals surface area (Å²) in [5, 5.41) is 2.34. The molecule has 0 heterocycles. The third kappa shape index (κ3) is 6.08. The summed E-state index contributed by atoms with van der Waals surface area (Å²) < 4.78 is 26.3. The highest BCUT2D eigenvalue weighted by Gasteiger charge is 2.15. The van der Waals surface area contributed by atoms with Crippen molar-refractivity contribution in [2.24, 2.45) is 0 Å². The van der Waals surface area contributed by atoms with Crippen LogP contribution in [-0.2, 0) is 14.4 Å². The van der Waals surface area contributed by atoms with Gasteiger partial charge in [0.05, 0.1) is 5.75 Å². The first kappa shape index (κ1) is 17.9. The molecule has 0 atom stereocenters. The molecule has 0 unspecified atom stereocenters. The van der Waals surface area contributed by atoms with E-state index in [4.69, 9.17) is 0 Å². The third-order valence-corrected chi connectivity index (χ3v) is 3.22. The van der Waals surface area contributed by atoms with Crippen molar-refractivity contribution in [2.75, 3.05) is 5.75 Å². The largest absolute Gasteiger partial charge is 0.346 e. The number of rotatable bonds is 4. The van der Waals surface area contributed by atoms with Crippen molar-refractivity contribution in [3.05, 3.63) is 29.8 Å². The molecule has 9 heteroatoms. The molecule has 0 fully saturated rings. The summed E-state index contributed by atoms with van der Waals surface area (Å²) in [7, 11) is 0. The van der Waals surface area contributed by atoms with Crippen LogP contribution in [0.1, 0.15) is 13.8 Å². The standard InChI is InChI=1S/C13H15F2N3O3S/c1-7(2)16-12(20)13(21)18-17-11(19)6-22-10-5-8(14)3-4-9(10)15/h3-5,7H,6H2,1-2H3,(H,16,20)(H,17,19)(H,18,21). The SMILES string of the molecule is CC(C)NC(=O)C(=O)NNC(=O)CSc1cc(F)ccc1F. The van der Waals surface area contributed by atoms with Gasteiger partial charge in [0.25, 0.3) is 0 Å². The Balaban J connectivity index is 2.39. The summed E-state index contributed by atoms with van der Waals surface area (Å²) in [6.07, 6.45) is 0. The molecular weight excluding hydrogens is 316 g/mol.